The fraction of sp³-hybridized carbons (Fsp3) is 0.600. The van der Waals surface area contributed by atoms with Crippen LogP contribution in [0.1, 0.15) is 25.3 Å². The van der Waals surface area contributed by atoms with Gasteiger partial charge in [0.1, 0.15) is 11.6 Å². The minimum absolute atomic E-state index is 0.0286. The quantitative estimate of drug-likeness (QED) is 0.769. The Bertz CT molecular complexity index is 435. The van der Waals surface area contributed by atoms with Gasteiger partial charge in [-0.1, -0.05) is 0 Å². The third-order valence-corrected chi connectivity index (χ3v) is 3.98. The Hall–Kier alpha value is -1.04. The van der Waals surface area contributed by atoms with Gasteiger partial charge in [0.25, 0.3) is 0 Å². The maximum atomic E-state index is 13.2. The van der Waals surface area contributed by atoms with E-state index in [1.807, 2.05) is 0 Å². The van der Waals surface area contributed by atoms with E-state index in [1.54, 1.807) is 7.05 Å². The minimum Gasteiger partial charge on any atom is -0.390 e. The summed E-state index contributed by atoms with van der Waals surface area (Å²) in [4.78, 5) is 0. The van der Waals surface area contributed by atoms with Crippen LogP contribution in [0.2, 0.25) is 0 Å². The predicted octanol–water partition coefficient (Wildman–Crippen LogP) is 1.60. The van der Waals surface area contributed by atoms with Gasteiger partial charge in [0.05, 0.1) is 6.10 Å². The lowest BCUT2D eigenvalue weighted by Crippen LogP contribution is -2.50. The van der Waals surface area contributed by atoms with Gasteiger partial charge in [-0.2, -0.15) is 0 Å². The number of halogens is 2. The molecule has 0 bridgehead atoms. The first-order valence-corrected chi connectivity index (χ1v) is 7.06. The second-order valence-corrected chi connectivity index (χ2v) is 5.62. The number of hydrogen-bond acceptors (Lipinski definition) is 3. The zero-order valence-corrected chi connectivity index (χ0v) is 11.9. The van der Waals surface area contributed by atoms with Gasteiger partial charge in [-0.3, -0.25) is 0 Å². The van der Waals surface area contributed by atoms with Gasteiger partial charge in [-0.05, 0) is 50.9 Å². The number of hydrogen-bond donors (Lipinski definition) is 3. The molecular weight excluding hydrogens is 262 g/mol. The van der Waals surface area contributed by atoms with Crippen LogP contribution in [0.3, 0.4) is 0 Å². The van der Waals surface area contributed by atoms with E-state index < -0.39 is 17.7 Å². The highest BCUT2D eigenvalue weighted by molar-refractivity contribution is 5.19. The van der Waals surface area contributed by atoms with Crippen LogP contribution >= 0.6 is 0 Å². The van der Waals surface area contributed by atoms with Crippen LogP contribution < -0.4 is 10.6 Å². The highest BCUT2D eigenvalue weighted by Crippen LogP contribution is 2.19. The maximum Gasteiger partial charge on any atom is 0.126 e. The fourth-order valence-electron chi connectivity index (χ4n) is 2.89. The van der Waals surface area contributed by atoms with Gasteiger partial charge in [0.2, 0.25) is 0 Å². The van der Waals surface area contributed by atoms with Gasteiger partial charge in [0, 0.05) is 24.2 Å². The molecule has 4 atom stereocenters. The van der Waals surface area contributed by atoms with Gasteiger partial charge >= 0.3 is 0 Å². The molecule has 2 rings (SSSR count). The lowest BCUT2D eigenvalue weighted by atomic mass is 9.95. The van der Waals surface area contributed by atoms with Gasteiger partial charge in [-0.25, -0.2) is 8.78 Å². The van der Waals surface area contributed by atoms with Crippen molar-refractivity contribution in [2.24, 2.45) is 0 Å². The summed E-state index contributed by atoms with van der Waals surface area (Å²) in [5.74, 6) is -1.17. The summed E-state index contributed by atoms with van der Waals surface area (Å²) in [5.41, 5.74) is 0.548. The van der Waals surface area contributed by atoms with Crippen molar-refractivity contribution < 1.29 is 13.9 Å². The van der Waals surface area contributed by atoms with Gasteiger partial charge in [-0.15, -0.1) is 0 Å². The first-order chi connectivity index (χ1) is 9.49. The molecule has 1 aliphatic rings. The van der Waals surface area contributed by atoms with Crippen molar-refractivity contribution in [3.8, 4) is 0 Å². The molecule has 3 nitrogen and oxygen atoms in total. The van der Waals surface area contributed by atoms with Crippen LogP contribution in [-0.4, -0.2) is 36.4 Å². The topological polar surface area (TPSA) is 44.3 Å². The van der Waals surface area contributed by atoms with Crippen LogP contribution in [0.5, 0.6) is 0 Å². The Kier molecular flexibility index (Phi) is 5.07. The van der Waals surface area contributed by atoms with E-state index in [-0.39, 0.29) is 12.1 Å². The second-order valence-electron chi connectivity index (χ2n) is 5.62. The van der Waals surface area contributed by atoms with E-state index in [1.165, 1.54) is 12.1 Å². The molecule has 0 amide bonds. The van der Waals surface area contributed by atoms with Crippen molar-refractivity contribution in [3.63, 3.8) is 0 Å². The molecule has 1 aliphatic heterocycles. The molecule has 3 N–H and O–H groups in total. The third-order valence-electron chi connectivity index (χ3n) is 3.98. The first kappa shape index (κ1) is 15.4. The number of nitrogens with one attached hydrogen (secondary N) is 2. The fourth-order valence-corrected chi connectivity index (χ4v) is 2.89. The van der Waals surface area contributed by atoms with Crippen molar-refractivity contribution in [3.05, 3.63) is 35.4 Å². The lowest BCUT2D eigenvalue weighted by Gasteiger charge is -2.28. The van der Waals surface area contributed by atoms with E-state index in [0.717, 1.165) is 18.9 Å². The number of aliphatic hydroxyl groups excluding tert-OH is 1. The number of rotatable bonds is 5. The minimum atomic E-state index is -0.587. The molecule has 20 heavy (non-hydrogen) atoms. The molecule has 0 radical (unpaired) electrons. The van der Waals surface area contributed by atoms with Crippen molar-refractivity contribution in [2.75, 3.05) is 7.05 Å². The Labute approximate surface area is 118 Å². The third kappa shape index (κ3) is 3.75. The summed E-state index contributed by atoms with van der Waals surface area (Å²) >= 11 is 0. The molecule has 1 aromatic rings. The molecule has 0 spiro atoms. The standard InChI is InChI=1S/C15H22F2N2O/c1-9-3-4-13(19-9)15(20)14(18-2)7-10-5-11(16)8-12(17)6-10/h5-6,8-9,13-15,18-20H,3-4,7H2,1-2H3. The van der Waals surface area contributed by atoms with Crippen molar-refractivity contribution >= 4 is 0 Å². The largest absolute Gasteiger partial charge is 0.390 e. The Morgan fingerprint density at radius 1 is 1.30 bits per heavy atom. The summed E-state index contributed by atoms with van der Waals surface area (Å²) in [6, 6.07) is 3.67. The van der Waals surface area contributed by atoms with Crippen molar-refractivity contribution in [2.45, 2.75) is 50.4 Å². The SMILES string of the molecule is CNC(Cc1cc(F)cc(F)c1)C(O)C1CCC(C)N1. The van der Waals surface area contributed by atoms with Crippen LogP contribution in [0.25, 0.3) is 0 Å². The van der Waals surface area contributed by atoms with E-state index in [9.17, 15) is 13.9 Å². The number of benzene rings is 1. The Balaban J connectivity index is 2.04. The molecule has 0 saturated carbocycles. The molecule has 1 aromatic carbocycles. The molecule has 0 aliphatic carbocycles. The van der Waals surface area contributed by atoms with E-state index in [4.69, 9.17) is 0 Å². The predicted molar refractivity (Wildman–Crippen MR) is 74.5 cm³/mol. The molecule has 1 fully saturated rings. The molecule has 112 valence electrons. The van der Waals surface area contributed by atoms with E-state index >= 15 is 0 Å². The molecular formula is C15H22F2N2O. The Morgan fingerprint density at radius 2 is 1.95 bits per heavy atom. The van der Waals surface area contributed by atoms with E-state index in [2.05, 4.69) is 17.6 Å². The summed E-state index contributed by atoms with van der Waals surface area (Å²) in [6.45, 7) is 2.09. The molecule has 4 unspecified atom stereocenters. The first-order valence-electron chi connectivity index (χ1n) is 7.06. The van der Waals surface area contributed by atoms with Crippen molar-refractivity contribution in [1.82, 2.24) is 10.6 Å². The summed E-state index contributed by atoms with van der Waals surface area (Å²) < 4.78 is 26.4. The number of aliphatic hydroxyl groups is 1. The average molecular weight is 284 g/mol. The number of likely N-dealkylation sites (N-methyl/N-ethyl adjacent to an activating group) is 1. The van der Waals surface area contributed by atoms with E-state index in [0.29, 0.717) is 18.0 Å². The average Bonchev–Trinajstić information content (AvgIpc) is 2.80. The lowest BCUT2D eigenvalue weighted by molar-refractivity contribution is 0.0948. The molecule has 5 heteroatoms. The van der Waals surface area contributed by atoms with Gasteiger partial charge in [0.15, 0.2) is 0 Å². The molecule has 1 heterocycles. The van der Waals surface area contributed by atoms with Crippen LogP contribution in [0, 0.1) is 11.6 Å². The molecule has 1 saturated heterocycles. The second kappa shape index (κ2) is 6.61. The van der Waals surface area contributed by atoms with Crippen LogP contribution in [0.4, 0.5) is 8.78 Å². The van der Waals surface area contributed by atoms with Crippen LogP contribution in [-0.2, 0) is 6.42 Å². The summed E-state index contributed by atoms with van der Waals surface area (Å²) in [6.07, 6.45) is 1.75. The van der Waals surface area contributed by atoms with Crippen molar-refractivity contribution in [1.29, 1.82) is 0 Å². The smallest absolute Gasteiger partial charge is 0.126 e. The highest BCUT2D eigenvalue weighted by Gasteiger charge is 2.31. The molecule has 0 aromatic heterocycles. The highest BCUT2D eigenvalue weighted by atomic mass is 19.1. The maximum absolute atomic E-state index is 13.2. The van der Waals surface area contributed by atoms with Crippen LogP contribution in [0.15, 0.2) is 18.2 Å². The zero-order valence-electron chi connectivity index (χ0n) is 11.9. The summed E-state index contributed by atoms with van der Waals surface area (Å²) in [5, 5.41) is 16.8. The normalized spacial score (nSPS) is 25.6. The zero-order chi connectivity index (χ0) is 14.7. The summed E-state index contributed by atoms with van der Waals surface area (Å²) in [7, 11) is 1.75. The van der Waals surface area contributed by atoms with Gasteiger partial charge < -0.3 is 15.7 Å². The Morgan fingerprint density at radius 3 is 2.45 bits per heavy atom. The monoisotopic (exact) mass is 284 g/mol.